The smallest absolute Gasteiger partial charge is 0.268 e. The first-order valence-electron chi connectivity index (χ1n) is 10.4. The zero-order valence-corrected chi connectivity index (χ0v) is 21.1. The fourth-order valence-electron chi connectivity index (χ4n) is 3.63. The van der Waals surface area contributed by atoms with Crippen LogP contribution >= 0.6 is 46.3 Å². The van der Waals surface area contributed by atoms with Crippen molar-refractivity contribution in [3.05, 3.63) is 104 Å². The number of thioether (sulfide) groups is 1. The molecule has 0 N–H and O–H groups in total. The van der Waals surface area contributed by atoms with Crippen LogP contribution in [-0.4, -0.2) is 16.7 Å². The van der Waals surface area contributed by atoms with E-state index in [1.165, 1.54) is 23.1 Å². The van der Waals surface area contributed by atoms with Gasteiger partial charge in [0, 0.05) is 16.7 Å². The summed E-state index contributed by atoms with van der Waals surface area (Å²) in [7, 11) is 1.63. The Kier molecular flexibility index (Phi) is 6.66. The Bertz CT molecular complexity index is 1530. The van der Waals surface area contributed by atoms with E-state index in [2.05, 4.69) is 0 Å². The number of ether oxygens (including phenoxy) is 1. The quantitative estimate of drug-likeness (QED) is 0.168. The summed E-state index contributed by atoms with van der Waals surface area (Å²) in [4.78, 5) is 19.5. The van der Waals surface area contributed by atoms with Crippen molar-refractivity contribution in [1.29, 1.82) is 0 Å². The maximum Gasteiger partial charge on any atom is 0.268 e. The molecule has 2 aromatic heterocycles. The van der Waals surface area contributed by atoms with Crippen LogP contribution in [0.3, 0.4) is 0 Å². The van der Waals surface area contributed by atoms with Crippen molar-refractivity contribution >= 4 is 56.5 Å². The Morgan fingerprint density at radius 2 is 1.76 bits per heavy atom. The second kappa shape index (κ2) is 9.84. The van der Waals surface area contributed by atoms with Gasteiger partial charge in [0.2, 0.25) is 0 Å². The van der Waals surface area contributed by atoms with E-state index in [4.69, 9.17) is 32.9 Å². The molecule has 2 heterocycles. The minimum absolute atomic E-state index is 0.0973. The normalized spacial score (nSPS) is 11.1. The van der Waals surface area contributed by atoms with Crippen molar-refractivity contribution in [3.8, 4) is 22.6 Å². The van der Waals surface area contributed by atoms with Crippen molar-refractivity contribution < 1.29 is 4.74 Å². The molecule has 3 aromatic carbocycles. The number of methoxy groups -OCH3 is 1. The zero-order valence-electron chi connectivity index (χ0n) is 18.0. The lowest BCUT2D eigenvalue weighted by Crippen LogP contribution is -2.21. The van der Waals surface area contributed by atoms with E-state index in [0.29, 0.717) is 31.2 Å². The number of benzene rings is 3. The Morgan fingerprint density at radius 1 is 1.00 bits per heavy atom. The summed E-state index contributed by atoms with van der Waals surface area (Å²) in [6.07, 6.45) is 0. The van der Waals surface area contributed by atoms with Crippen LogP contribution in [0.25, 0.3) is 27.0 Å². The third kappa shape index (κ3) is 4.46. The number of hydrogen-bond acceptors (Lipinski definition) is 5. The molecule has 0 aliphatic carbocycles. The third-order valence-corrected chi connectivity index (χ3v) is 7.97. The highest BCUT2D eigenvalue weighted by molar-refractivity contribution is 7.98. The maximum atomic E-state index is 13.9. The lowest BCUT2D eigenvalue weighted by Gasteiger charge is -2.13. The second-order valence-electron chi connectivity index (χ2n) is 7.47. The molecule has 0 amide bonds. The SMILES string of the molecule is COc1ccc(-c2csc3nc(SCc4ccc(Cl)c(Cl)c4)n(-c4ccccc4)c(=O)c23)cc1. The predicted molar refractivity (Wildman–Crippen MR) is 143 cm³/mol. The first-order valence-corrected chi connectivity index (χ1v) is 13.0. The summed E-state index contributed by atoms with van der Waals surface area (Å²) in [5.41, 5.74) is 3.48. The van der Waals surface area contributed by atoms with E-state index >= 15 is 0 Å². The lowest BCUT2D eigenvalue weighted by atomic mass is 10.1. The van der Waals surface area contributed by atoms with Crippen LogP contribution in [0.15, 0.2) is 88.1 Å². The summed E-state index contributed by atoms with van der Waals surface area (Å²) in [5.74, 6) is 1.36. The van der Waals surface area contributed by atoms with Gasteiger partial charge in [-0.2, -0.15) is 0 Å². The molecule has 4 nitrogen and oxygen atoms in total. The topological polar surface area (TPSA) is 44.1 Å². The Morgan fingerprint density at radius 3 is 2.47 bits per heavy atom. The molecule has 170 valence electrons. The van der Waals surface area contributed by atoms with Gasteiger partial charge in [0.25, 0.3) is 5.56 Å². The lowest BCUT2D eigenvalue weighted by molar-refractivity contribution is 0.415. The van der Waals surface area contributed by atoms with E-state index in [9.17, 15) is 4.79 Å². The number of nitrogens with zero attached hydrogens (tertiary/aromatic N) is 2. The molecule has 0 saturated heterocycles. The van der Waals surface area contributed by atoms with Crippen LogP contribution in [0.5, 0.6) is 5.75 Å². The molecule has 5 rings (SSSR count). The number of thiophene rings is 1. The molecule has 0 aliphatic rings. The van der Waals surface area contributed by atoms with Gasteiger partial charge in [0.05, 0.1) is 28.2 Å². The van der Waals surface area contributed by atoms with Gasteiger partial charge in [0.1, 0.15) is 10.6 Å². The molecule has 0 fully saturated rings. The number of fused-ring (bicyclic) bond motifs is 1. The molecule has 34 heavy (non-hydrogen) atoms. The van der Waals surface area contributed by atoms with E-state index < -0.39 is 0 Å². The average Bonchev–Trinajstić information content (AvgIpc) is 3.30. The summed E-state index contributed by atoms with van der Waals surface area (Å²) in [5, 5.41) is 4.24. The Labute approximate surface area is 214 Å². The first kappa shape index (κ1) is 23.0. The monoisotopic (exact) mass is 524 g/mol. The fourth-order valence-corrected chi connectivity index (χ4v) is 5.90. The van der Waals surface area contributed by atoms with Crippen molar-refractivity contribution in [2.45, 2.75) is 10.9 Å². The largest absolute Gasteiger partial charge is 0.497 e. The van der Waals surface area contributed by atoms with E-state index in [0.717, 1.165) is 28.1 Å². The van der Waals surface area contributed by atoms with Crippen LogP contribution in [0, 0.1) is 0 Å². The summed E-state index contributed by atoms with van der Waals surface area (Å²) < 4.78 is 6.96. The summed E-state index contributed by atoms with van der Waals surface area (Å²) >= 11 is 15.2. The summed E-state index contributed by atoms with van der Waals surface area (Å²) in [6.45, 7) is 0. The van der Waals surface area contributed by atoms with Crippen LogP contribution < -0.4 is 10.3 Å². The molecule has 0 radical (unpaired) electrons. The van der Waals surface area contributed by atoms with Gasteiger partial charge >= 0.3 is 0 Å². The molecule has 0 spiro atoms. The molecule has 0 atom stereocenters. The number of halogens is 2. The zero-order chi connectivity index (χ0) is 23.7. The molecule has 0 bridgehead atoms. The van der Waals surface area contributed by atoms with Gasteiger partial charge in [-0.15, -0.1) is 11.3 Å². The Hall–Kier alpha value is -2.77. The minimum Gasteiger partial charge on any atom is -0.497 e. The van der Waals surface area contributed by atoms with Crippen LogP contribution in [-0.2, 0) is 5.75 Å². The van der Waals surface area contributed by atoms with Crippen molar-refractivity contribution in [3.63, 3.8) is 0 Å². The van der Waals surface area contributed by atoms with Crippen LogP contribution in [0.1, 0.15) is 5.56 Å². The maximum absolute atomic E-state index is 13.9. The molecule has 0 unspecified atom stereocenters. The summed E-state index contributed by atoms with van der Waals surface area (Å²) in [6, 6.07) is 22.8. The number of rotatable bonds is 6. The average molecular weight is 525 g/mol. The molecular formula is C26H18Cl2N2O2S2. The highest BCUT2D eigenvalue weighted by Gasteiger charge is 2.19. The van der Waals surface area contributed by atoms with Gasteiger partial charge in [-0.3, -0.25) is 9.36 Å². The van der Waals surface area contributed by atoms with Crippen LogP contribution in [0.4, 0.5) is 0 Å². The van der Waals surface area contributed by atoms with Crippen molar-refractivity contribution in [2.24, 2.45) is 0 Å². The van der Waals surface area contributed by atoms with Crippen molar-refractivity contribution in [1.82, 2.24) is 9.55 Å². The first-order chi connectivity index (χ1) is 16.5. The molecule has 5 aromatic rings. The van der Waals surface area contributed by atoms with Gasteiger partial charge in [-0.1, -0.05) is 71.4 Å². The van der Waals surface area contributed by atoms with E-state index in [-0.39, 0.29) is 5.56 Å². The molecule has 0 aliphatic heterocycles. The van der Waals surface area contributed by atoms with E-state index in [1.807, 2.05) is 72.1 Å². The molecule has 8 heteroatoms. The second-order valence-corrected chi connectivity index (χ2v) is 10.1. The number of hydrogen-bond donors (Lipinski definition) is 0. The highest BCUT2D eigenvalue weighted by atomic mass is 35.5. The number of para-hydroxylation sites is 1. The van der Waals surface area contributed by atoms with E-state index in [1.54, 1.807) is 17.7 Å². The molecule has 0 saturated carbocycles. The van der Waals surface area contributed by atoms with Crippen LogP contribution in [0.2, 0.25) is 10.0 Å². The molecular weight excluding hydrogens is 507 g/mol. The predicted octanol–water partition coefficient (Wildman–Crippen LogP) is 7.72. The van der Waals surface area contributed by atoms with Gasteiger partial charge in [0.15, 0.2) is 5.16 Å². The van der Waals surface area contributed by atoms with Gasteiger partial charge in [-0.25, -0.2) is 4.98 Å². The fraction of sp³-hybridized carbons (Fsp3) is 0.0769. The third-order valence-electron chi connectivity index (χ3n) is 5.34. The highest BCUT2D eigenvalue weighted by Crippen LogP contribution is 2.34. The van der Waals surface area contributed by atoms with Crippen molar-refractivity contribution in [2.75, 3.05) is 7.11 Å². The standard InChI is InChI=1S/C26H18Cl2N2O2S2/c1-32-19-10-8-17(9-11-19)20-15-33-24-23(20)25(31)30(18-5-3-2-4-6-18)26(29-24)34-14-16-7-12-21(27)22(28)13-16/h2-13,15H,14H2,1H3. The minimum atomic E-state index is -0.0973. The van der Waals surface area contributed by atoms with Gasteiger partial charge in [-0.05, 0) is 47.5 Å². The van der Waals surface area contributed by atoms with Gasteiger partial charge < -0.3 is 4.74 Å². The number of aromatic nitrogens is 2. The Balaban J connectivity index is 1.63.